The van der Waals surface area contributed by atoms with Crippen LogP contribution in [0.25, 0.3) is 22.1 Å². The summed E-state index contributed by atoms with van der Waals surface area (Å²) in [6, 6.07) is 23.7. The minimum absolute atomic E-state index is 0.251. The lowest BCUT2D eigenvalue weighted by molar-refractivity contribution is 0.343. The van der Waals surface area contributed by atoms with Crippen LogP contribution in [0, 0.1) is 0 Å². The fourth-order valence-corrected chi connectivity index (χ4v) is 3.77. The van der Waals surface area contributed by atoms with Gasteiger partial charge in [0.15, 0.2) is 0 Å². The van der Waals surface area contributed by atoms with Gasteiger partial charge in [0.25, 0.3) is 0 Å². The third-order valence-corrected chi connectivity index (χ3v) is 5.26. The fraction of sp³-hybridized carbons (Fsp3) is 0.154. The van der Waals surface area contributed by atoms with E-state index in [0.29, 0.717) is 12.5 Å². The SMILES string of the molecule is CC/C(=C(/c1ccc(O)cc1)c1ccc(OCCCl)cc1)c1ccc2occc2c1. The number of benzene rings is 3. The zero-order valence-electron chi connectivity index (χ0n) is 16.8. The van der Waals surface area contributed by atoms with Gasteiger partial charge in [-0.05, 0) is 76.7 Å². The summed E-state index contributed by atoms with van der Waals surface area (Å²) < 4.78 is 11.1. The summed E-state index contributed by atoms with van der Waals surface area (Å²) in [5, 5.41) is 10.9. The lowest BCUT2D eigenvalue weighted by atomic mass is 9.88. The molecule has 3 aromatic carbocycles. The highest BCUT2D eigenvalue weighted by Gasteiger charge is 2.14. The van der Waals surface area contributed by atoms with Crippen LogP contribution in [0.3, 0.4) is 0 Å². The molecule has 30 heavy (non-hydrogen) atoms. The molecule has 0 spiro atoms. The van der Waals surface area contributed by atoms with E-state index in [2.05, 4.69) is 31.2 Å². The maximum atomic E-state index is 9.78. The van der Waals surface area contributed by atoms with Gasteiger partial charge in [-0.15, -0.1) is 11.6 Å². The number of fused-ring (bicyclic) bond motifs is 1. The van der Waals surface area contributed by atoms with Crippen LogP contribution in [-0.2, 0) is 0 Å². The van der Waals surface area contributed by atoms with Gasteiger partial charge in [0.2, 0.25) is 0 Å². The van der Waals surface area contributed by atoms with Crippen molar-refractivity contribution in [2.75, 3.05) is 12.5 Å². The average molecular weight is 419 g/mol. The van der Waals surface area contributed by atoms with Crippen LogP contribution in [0.1, 0.15) is 30.0 Å². The topological polar surface area (TPSA) is 42.6 Å². The van der Waals surface area contributed by atoms with Gasteiger partial charge >= 0.3 is 0 Å². The molecular formula is C26H23ClO3. The van der Waals surface area contributed by atoms with Gasteiger partial charge in [0, 0.05) is 5.39 Å². The number of aromatic hydroxyl groups is 1. The minimum atomic E-state index is 0.251. The minimum Gasteiger partial charge on any atom is -0.508 e. The quantitative estimate of drug-likeness (QED) is 0.256. The number of hydrogen-bond donors (Lipinski definition) is 1. The van der Waals surface area contributed by atoms with Crippen LogP contribution in [0.5, 0.6) is 11.5 Å². The summed E-state index contributed by atoms with van der Waals surface area (Å²) in [5.74, 6) is 1.50. The third kappa shape index (κ3) is 4.22. The van der Waals surface area contributed by atoms with E-state index in [1.165, 1.54) is 5.57 Å². The summed E-state index contributed by atoms with van der Waals surface area (Å²) in [7, 11) is 0. The monoisotopic (exact) mass is 418 g/mol. The van der Waals surface area contributed by atoms with Crippen LogP contribution in [0.4, 0.5) is 0 Å². The molecule has 4 heteroatoms. The summed E-state index contributed by atoms with van der Waals surface area (Å²) in [4.78, 5) is 0. The van der Waals surface area contributed by atoms with E-state index in [0.717, 1.165) is 45.4 Å². The molecule has 0 bridgehead atoms. The first-order valence-corrected chi connectivity index (χ1v) is 10.5. The molecule has 0 aliphatic carbocycles. The molecule has 0 atom stereocenters. The van der Waals surface area contributed by atoms with Gasteiger partial charge in [-0.2, -0.15) is 0 Å². The second-order valence-electron chi connectivity index (χ2n) is 6.99. The highest BCUT2D eigenvalue weighted by atomic mass is 35.5. The number of furan rings is 1. The number of allylic oxidation sites excluding steroid dienone is 1. The number of rotatable bonds is 7. The molecule has 1 aromatic heterocycles. The Hall–Kier alpha value is -3.17. The summed E-state index contributed by atoms with van der Waals surface area (Å²) in [5.41, 5.74) is 6.51. The van der Waals surface area contributed by atoms with Gasteiger partial charge in [-0.25, -0.2) is 0 Å². The Bertz CT molecular complexity index is 1160. The van der Waals surface area contributed by atoms with Crippen molar-refractivity contribution in [3.8, 4) is 11.5 Å². The van der Waals surface area contributed by atoms with Crippen molar-refractivity contribution in [3.05, 3.63) is 95.7 Å². The molecule has 4 aromatic rings. The summed E-state index contributed by atoms with van der Waals surface area (Å²) >= 11 is 5.73. The van der Waals surface area contributed by atoms with Gasteiger partial charge in [-0.1, -0.05) is 37.3 Å². The second-order valence-corrected chi connectivity index (χ2v) is 7.37. The molecule has 1 heterocycles. The molecular weight excluding hydrogens is 396 g/mol. The first kappa shape index (κ1) is 20.1. The highest BCUT2D eigenvalue weighted by molar-refractivity contribution is 6.18. The molecule has 0 aliphatic heterocycles. The Morgan fingerprint density at radius 3 is 2.23 bits per heavy atom. The zero-order chi connectivity index (χ0) is 20.9. The summed E-state index contributed by atoms with van der Waals surface area (Å²) in [6.45, 7) is 2.64. The molecule has 0 fully saturated rings. The Kier molecular flexibility index (Phi) is 6.10. The Balaban J connectivity index is 1.87. The zero-order valence-corrected chi connectivity index (χ0v) is 17.5. The van der Waals surface area contributed by atoms with Crippen LogP contribution in [0.15, 0.2) is 83.5 Å². The molecule has 0 saturated heterocycles. The van der Waals surface area contributed by atoms with Crippen molar-refractivity contribution in [2.45, 2.75) is 13.3 Å². The number of phenols is 1. The third-order valence-electron chi connectivity index (χ3n) is 5.10. The Morgan fingerprint density at radius 1 is 0.900 bits per heavy atom. The number of halogens is 1. The molecule has 0 amide bonds. The normalized spacial score (nSPS) is 12.1. The van der Waals surface area contributed by atoms with Crippen molar-refractivity contribution in [2.24, 2.45) is 0 Å². The number of alkyl halides is 1. The first-order chi connectivity index (χ1) is 14.7. The van der Waals surface area contributed by atoms with Crippen molar-refractivity contribution < 1.29 is 14.3 Å². The smallest absolute Gasteiger partial charge is 0.133 e. The van der Waals surface area contributed by atoms with Crippen molar-refractivity contribution in [1.29, 1.82) is 0 Å². The van der Waals surface area contributed by atoms with Crippen molar-refractivity contribution in [1.82, 2.24) is 0 Å². The predicted molar refractivity (Wildman–Crippen MR) is 123 cm³/mol. The molecule has 0 saturated carbocycles. The lowest BCUT2D eigenvalue weighted by Gasteiger charge is -2.17. The van der Waals surface area contributed by atoms with E-state index in [9.17, 15) is 5.11 Å². The Morgan fingerprint density at radius 2 is 1.57 bits per heavy atom. The van der Waals surface area contributed by atoms with Gasteiger partial charge < -0.3 is 14.3 Å². The van der Waals surface area contributed by atoms with E-state index in [4.69, 9.17) is 20.8 Å². The highest BCUT2D eigenvalue weighted by Crippen LogP contribution is 2.36. The first-order valence-electron chi connectivity index (χ1n) is 9.99. The second kappa shape index (κ2) is 9.10. The molecule has 4 rings (SSSR count). The van der Waals surface area contributed by atoms with Crippen molar-refractivity contribution >= 4 is 33.7 Å². The average Bonchev–Trinajstić information content (AvgIpc) is 3.25. The molecule has 0 unspecified atom stereocenters. The van der Waals surface area contributed by atoms with Crippen molar-refractivity contribution in [3.63, 3.8) is 0 Å². The molecule has 1 N–H and O–H groups in total. The standard InChI is InChI=1S/C26H23ClO3/c1-2-24(20-7-12-25-21(17-20)13-15-30-25)26(18-3-8-22(28)9-4-18)19-5-10-23(11-6-19)29-16-14-27/h3-13,15,17,28H,2,14,16H2,1H3/b26-24+. The molecule has 0 radical (unpaired) electrons. The summed E-state index contributed by atoms with van der Waals surface area (Å²) in [6.07, 6.45) is 2.56. The maximum Gasteiger partial charge on any atom is 0.133 e. The van der Waals surface area contributed by atoms with Gasteiger partial charge in [0.1, 0.15) is 23.7 Å². The van der Waals surface area contributed by atoms with E-state index in [-0.39, 0.29) is 5.75 Å². The molecule has 3 nitrogen and oxygen atoms in total. The van der Waals surface area contributed by atoms with Crippen LogP contribution in [-0.4, -0.2) is 17.6 Å². The number of phenolic OH excluding ortho intramolecular Hbond substituents is 1. The van der Waals surface area contributed by atoms with E-state index < -0.39 is 0 Å². The van der Waals surface area contributed by atoms with Gasteiger partial charge in [-0.3, -0.25) is 0 Å². The van der Waals surface area contributed by atoms with E-state index >= 15 is 0 Å². The lowest BCUT2D eigenvalue weighted by Crippen LogP contribution is -1.99. The van der Waals surface area contributed by atoms with Crippen LogP contribution in [0.2, 0.25) is 0 Å². The number of ether oxygens (including phenoxy) is 1. The van der Waals surface area contributed by atoms with Gasteiger partial charge in [0.05, 0.1) is 12.1 Å². The van der Waals surface area contributed by atoms with E-state index in [1.54, 1.807) is 18.4 Å². The Labute approximate surface area is 181 Å². The fourth-order valence-electron chi connectivity index (χ4n) is 3.70. The molecule has 152 valence electrons. The molecule has 0 aliphatic rings. The largest absolute Gasteiger partial charge is 0.508 e. The van der Waals surface area contributed by atoms with E-state index in [1.807, 2.05) is 36.4 Å². The number of hydrogen-bond acceptors (Lipinski definition) is 3. The maximum absolute atomic E-state index is 9.78. The van der Waals surface area contributed by atoms with Crippen LogP contribution >= 0.6 is 11.6 Å². The predicted octanol–water partition coefficient (Wildman–Crippen LogP) is 7.13. The van der Waals surface area contributed by atoms with Crippen LogP contribution < -0.4 is 4.74 Å².